The molecule has 0 saturated carbocycles. The standard InChI is InChI=1S/C14H18F2N2O2/c15-13(16)9-18(5-6-19)14(20)12-7-10-3-1-2-4-11(10)8-17-12/h1-4,12-13,17,19H,5-9H2/t12-/m0/s1. The number of aliphatic hydroxyl groups is 1. The maximum absolute atomic E-state index is 12.5. The highest BCUT2D eigenvalue weighted by molar-refractivity contribution is 5.82. The molecule has 0 radical (unpaired) electrons. The van der Waals surface area contributed by atoms with Crippen LogP contribution in [-0.2, 0) is 17.8 Å². The molecule has 0 aliphatic carbocycles. The van der Waals surface area contributed by atoms with Gasteiger partial charge in [0.1, 0.15) is 0 Å². The zero-order valence-corrected chi connectivity index (χ0v) is 11.1. The Balaban J connectivity index is 2.05. The zero-order valence-electron chi connectivity index (χ0n) is 11.1. The number of hydrogen-bond donors (Lipinski definition) is 2. The van der Waals surface area contributed by atoms with Crippen LogP contribution in [0.25, 0.3) is 0 Å². The van der Waals surface area contributed by atoms with Crippen LogP contribution in [0.5, 0.6) is 0 Å². The number of carbonyl (C=O) groups excluding carboxylic acids is 1. The van der Waals surface area contributed by atoms with Gasteiger partial charge >= 0.3 is 0 Å². The normalized spacial score (nSPS) is 17.9. The lowest BCUT2D eigenvalue weighted by atomic mass is 9.95. The minimum absolute atomic E-state index is 0.0665. The van der Waals surface area contributed by atoms with Crippen molar-refractivity contribution in [3.8, 4) is 0 Å². The van der Waals surface area contributed by atoms with Crippen LogP contribution in [0, 0.1) is 0 Å². The average molecular weight is 284 g/mol. The summed E-state index contributed by atoms with van der Waals surface area (Å²) in [6.07, 6.45) is -2.11. The molecule has 6 heteroatoms. The van der Waals surface area contributed by atoms with Gasteiger partial charge in [-0.1, -0.05) is 24.3 Å². The van der Waals surface area contributed by atoms with E-state index in [4.69, 9.17) is 5.11 Å². The first-order valence-corrected chi connectivity index (χ1v) is 6.59. The van der Waals surface area contributed by atoms with Gasteiger partial charge in [0, 0.05) is 13.1 Å². The quantitative estimate of drug-likeness (QED) is 0.840. The monoisotopic (exact) mass is 284 g/mol. The van der Waals surface area contributed by atoms with Crippen molar-refractivity contribution in [3.05, 3.63) is 35.4 Å². The Morgan fingerprint density at radius 1 is 1.40 bits per heavy atom. The van der Waals surface area contributed by atoms with Crippen LogP contribution in [0.3, 0.4) is 0 Å². The fourth-order valence-electron chi connectivity index (χ4n) is 2.43. The van der Waals surface area contributed by atoms with Gasteiger partial charge in [-0.05, 0) is 17.5 Å². The van der Waals surface area contributed by atoms with Crippen molar-refractivity contribution in [1.29, 1.82) is 0 Å². The largest absolute Gasteiger partial charge is 0.395 e. The lowest BCUT2D eigenvalue weighted by Crippen LogP contribution is -2.51. The molecule has 2 rings (SSSR count). The summed E-state index contributed by atoms with van der Waals surface area (Å²) in [6, 6.07) is 7.25. The molecule has 1 aliphatic heterocycles. The lowest BCUT2D eigenvalue weighted by molar-refractivity contribution is -0.136. The average Bonchev–Trinajstić information content (AvgIpc) is 2.45. The van der Waals surface area contributed by atoms with Gasteiger partial charge in [0.05, 0.1) is 19.2 Å². The molecule has 20 heavy (non-hydrogen) atoms. The molecule has 1 aliphatic rings. The van der Waals surface area contributed by atoms with Gasteiger partial charge in [-0.15, -0.1) is 0 Å². The van der Waals surface area contributed by atoms with Crippen LogP contribution in [0.15, 0.2) is 24.3 Å². The first-order valence-electron chi connectivity index (χ1n) is 6.59. The smallest absolute Gasteiger partial charge is 0.255 e. The molecule has 1 amide bonds. The number of nitrogens with zero attached hydrogens (tertiary/aromatic N) is 1. The highest BCUT2D eigenvalue weighted by Crippen LogP contribution is 2.17. The maximum Gasteiger partial charge on any atom is 0.255 e. The molecule has 0 bridgehead atoms. The summed E-state index contributed by atoms with van der Waals surface area (Å²) < 4.78 is 25.0. The number of amides is 1. The Kier molecular flexibility index (Phi) is 5.03. The molecule has 0 saturated heterocycles. The molecule has 2 N–H and O–H groups in total. The molecular formula is C14H18F2N2O2. The van der Waals surface area contributed by atoms with E-state index >= 15 is 0 Å². The summed E-state index contributed by atoms with van der Waals surface area (Å²) in [6.45, 7) is -0.474. The number of hydrogen-bond acceptors (Lipinski definition) is 3. The molecular weight excluding hydrogens is 266 g/mol. The predicted octanol–water partition coefficient (Wildman–Crippen LogP) is 0.787. The van der Waals surface area contributed by atoms with Crippen molar-refractivity contribution in [2.24, 2.45) is 0 Å². The van der Waals surface area contributed by atoms with Crippen LogP contribution in [0.2, 0.25) is 0 Å². The molecule has 1 aromatic carbocycles. The summed E-state index contributed by atoms with van der Waals surface area (Å²) >= 11 is 0. The third-order valence-corrected chi connectivity index (χ3v) is 3.42. The predicted molar refractivity (Wildman–Crippen MR) is 70.4 cm³/mol. The summed E-state index contributed by atoms with van der Waals surface area (Å²) in [5.41, 5.74) is 2.18. The Labute approximate surface area is 116 Å². The number of fused-ring (bicyclic) bond motifs is 1. The Morgan fingerprint density at radius 3 is 2.75 bits per heavy atom. The summed E-state index contributed by atoms with van der Waals surface area (Å²) in [4.78, 5) is 13.3. The number of nitrogens with one attached hydrogen (secondary N) is 1. The number of carbonyl (C=O) groups is 1. The van der Waals surface area contributed by atoms with Crippen molar-refractivity contribution >= 4 is 5.91 Å². The molecule has 110 valence electrons. The fraction of sp³-hybridized carbons (Fsp3) is 0.500. The summed E-state index contributed by atoms with van der Waals surface area (Å²) in [5.74, 6) is -0.381. The molecule has 1 aromatic rings. The van der Waals surface area contributed by atoms with Gasteiger partial charge in [-0.25, -0.2) is 8.78 Å². The summed E-state index contributed by atoms with van der Waals surface area (Å²) in [7, 11) is 0. The minimum Gasteiger partial charge on any atom is -0.395 e. The molecule has 0 spiro atoms. The van der Waals surface area contributed by atoms with E-state index in [2.05, 4.69) is 5.32 Å². The van der Waals surface area contributed by atoms with E-state index in [1.165, 1.54) is 0 Å². The van der Waals surface area contributed by atoms with Gasteiger partial charge < -0.3 is 15.3 Å². The molecule has 4 nitrogen and oxygen atoms in total. The zero-order chi connectivity index (χ0) is 14.5. The van der Waals surface area contributed by atoms with Gasteiger partial charge in [0.25, 0.3) is 6.43 Å². The van der Waals surface area contributed by atoms with Crippen molar-refractivity contribution < 1.29 is 18.7 Å². The van der Waals surface area contributed by atoms with Crippen molar-refractivity contribution in [2.75, 3.05) is 19.7 Å². The van der Waals surface area contributed by atoms with Crippen LogP contribution in [0.4, 0.5) is 8.78 Å². The van der Waals surface area contributed by atoms with E-state index in [-0.39, 0.29) is 19.1 Å². The first kappa shape index (κ1) is 14.9. The number of rotatable bonds is 5. The van der Waals surface area contributed by atoms with Gasteiger partial charge in [-0.3, -0.25) is 4.79 Å². The second-order valence-electron chi connectivity index (χ2n) is 4.81. The minimum atomic E-state index is -2.60. The topological polar surface area (TPSA) is 52.6 Å². The van der Waals surface area contributed by atoms with Crippen molar-refractivity contribution in [2.45, 2.75) is 25.4 Å². The lowest BCUT2D eigenvalue weighted by Gasteiger charge is -2.30. The number of aliphatic hydroxyl groups excluding tert-OH is 1. The Bertz CT molecular complexity index is 468. The van der Waals surface area contributed by atoms with E-state index in [9.17, 15) is 13.6 Å². The third-order valence-electron chi connectivity index (χ3n) is 3.42. The number of alkyl halides is 2. The maximum atomic E-state index is 12.5. The second kappa shape index (κ2) is 6.76. The molecule has 1 heterocycles. The van der Waals surface area contributed by atoms with E-state index in [0.717, 1.165) is 16.0 Å². The van der Waals surface area contributed by atoms with Crippen molar-refractivity contribution in [3.63, 3.8) is 0 Å². The molecule has 0 fully saturated rings. The van der Waals surface area contributed by atoms with Crippen LogP contribution < -0.4 is 5.32 Å². The van der Waals surface area contributed by atoms with E-state index < -0.39 is 19.0 Å². The van der Waals surface area contributed by atoms with Crippen LogP contribution in [-0.4, -0.2) is 48.1 Å². The highest BCUT2D eigenvalue weighted by Gasteiger charge is 2.28. The van der Waals surface area contributed by atoms with Gasteiger partial charge in [0.15, 0.2) is 0 Å². The van der Waals surface area contributed by atoms with E-state index in [0.29, 0.717) is 13.0 Å². The van der Waals surface area contributed by atoms with E-state index in [1.807, 2.05) is 24.3 Å². The van der Waals surface area contributed by atoms with Gasteiger partial charge in [0.2, 0.25) is 5.91 Å². The Morgan fingerprint density at radius 2 is 2.10 bits per heavy atom. The van der Waals surface area contributed by atoms with Gasteiger partial charge in [-0.2, -0.15) is 0 Å². The third kappa shape index (κ3) is 3.52. The Hall–Kier alpha value is -1.53. The molecule has 0 unspecified atom stereocenters. The van der Waals surface area contributed by atoms with Crippen LogP contribution in [0.1, 0.15) is 11.1 Å². The molecule has 1 atom stereocenters. The van der Waals surface area contributed by atoms with Crippen LogP contribution >= 0.6 is 0 Å². The van der Waals surface area contributed by atoms with Crippen molar-refractivity contribution in [1.82, 2.24) is 10.2 Å². The number of halogens is 2. The second-order valence-corrected chi connectivity index (χ2v) is 4.81. The SMILES string of the molecule is O=C([C@@H]1Cc2ccccc2CN1)N(CCO)CC(F)F. The summed E-state index contributed by atoms with van der Waals surface area (Å²) in [5, 5.41) is 12.0. The first-order chi connectivity index (χ1) is 9.61. The van der Waals surface area contributed by atoms with E-state index in [1.54, 1.807) is 0 Å². The number of benzene rings is 1. The highest BCUT2D eigenvalue weighted by atomic mass is 19.3. The fourth-order valence-corrected chi connectivity index (χ4v) is 2.43. The molecule has 0 aromatic heterocycles.